The molecule has 4 heteroatoms. The van der Waals surface area contributed by atoms with E-state index >= 15 is 0 Å². The van der Waals surface area contributed by atoms with Crippen molar-refractivity contribution in [1.82, 2.24) is 14.7 Å². The van der Waals surface area contributed by atoms with Crippen molar-refractivity contribution in [3.05, 3.63) is 0 Å². The van der Waals surface area contributed by atoms with Crippen LogP contribution in [0.5, 0.6) is 0 Å². The van der Waals surface area contributed by atoms with Crippen molar-refractivity contribution in [3.8, 4) is 0 Å². The highest BCUT2D eigenvalue weighted by molar-refractivity contribution is 5.75. The number of rotatable bonds is 0. The van der Waals surface area contributed by atoms with Gasteiger partial charge in [-0.15, -0.1) is 0 Å². The molecule has 4 nitrogen and oxygen atoms in total. The maximum Gasteiger partial charge on any atom is 0.320 e. The van der Waals surface area contributed by atoms with Crippen LogP contribution in [-0.2, 0) is 0 Å². The van der Waals surface area contributed by atoms with Crippen molar-refractivity contribution in [2.75, 3.05) is 33.2 Å². The van der Waals surface area contributed by atoms with E-state index in [1.165, 1.54) is 25.7 Å². The van der Waals surface area contributed by atoms with Crippen LogP contribution in [0.3, 0.4) is 0 Å². The number of carbonyl (C=O) groups is 1. The summed E-state index contributed by atoms with van der Waals surface area (Å²) in [6, 6.07) is 1.53. The van der Waals surface area contributed by atoms with Gasteiger partial charge in [-0.05, 0) is 32.7 Å². The summed E-state index contributed by atoms with van der Waals surface area (Å²) in [7, 11) is 2.21. The third kappa shape index (κ3) is 2.48. The summed E-state index contributed by atoms with van der Waals surface area (Å²) in [5, 5.41) is 0. The largest absolute Gasteiger partial charge is 0.325 e. The van der Waals surface area contributed by atoms with Gasteiger partial charge >= 0.3 is 6.03 Å². The number of fused-ring (bicyclic) bond motifs is 2. The molecule has 0 aromatic carbocycles. The van der Waals surface area contributed by atoms with Gasteiger partial charge in [-0.2, -0.15) is 0 Å². The van der Waals surface area contributed by atoms with E-state index in [1.54, 1.807) is 0 Å². The van der Waals surface area contributed by atoms with E-state index in [0.29, 0.717) is 18.1 Å². The van der Waals surface area contributed by atoms with Gasteiger partial charge in [0.05, 0.1) is 0 Å². The zero-order chi connectivity index (χ0) is 13.1. The Kier molecular flexibility index (Phi) is 4.49. The molecule has 0 aliphatic carbocycles. The van der Waals surface area contributed by atoms with Gasteiger partial charge in [0.15, 0.2) is 0 Å². The van der Waals surface area contributed by atoms with Gasteiger partial charge in [0.25, 0.3) is 0 Å². The van der Waals surface area contributed by atoms with Gasteiger partial charge in [0.2, 0.25) is 0 Å². The van der Waals surface area contributed by atoms with Crippen molar-refractivity contribution < 1.29 is 4.79 Å². The topological polar surface area (TPSA) is 26.8 Å². The molecule has 0 aromatic rings. The minimum Gasteiger partial charge on any atom is -0.325 e. The average molecular weight is 253 g/mol. The van der Waals surface area contributed by atoms with Gasteiger partial charge in [-0.25, -0.2) is 4.79 Å². The fourth-order valence-corrected chi connectivity index (χ4v) is 3.38. The van der Waals surface area contributed by atoms with Crippen LogP contribution in [0, 0.1) is 0 Å². The smallest absolute Gasteiger partial charge is 0.320 e. The van der Waals surface area contributed by atoms with Crippen LogP contribution in [-0.4, -0.2) is 66.0 Å². The van der Waals surface area contributed by atoms with Gasteiger partial charge in [-0.3, -0.25) is 4.90 Å². The van der Waals surface area contributed by atoms with Gasteiger partial charge in [-0.1, -0.05) is 13.8 Å². The highest BCUT2D eigenvalue weighted by Gasteiger charge is 2.40. The standard InChI is InChI=1S/C12H21N3O.C2H6/c1-13-10-4-5-11(13)9-15(8-10)12(16)14-6-2-3-7-14;1-2/h10-11H,2-9H2,1H3;1-2H3. The quantitative estimate of drug-likeness (QED) is 0.660. The Bertz CT molecular complexity index is 275. The predicted molar refractivity (Wildman–Crippen MR) is 73.7 cm³/mol. The Labute approximate surface area is 111 Å². The SMILES string of the molecule is CC.CN1C2CCC1CN(C(=O)N1CCCC1)C2. The first kappa shape index (κ1) is 13.7. The van der Waals surface area contributed by atoms with Gasteiger partial charge < -0.3 is 9.80 Å². The number of hydrogen-bond acceptors (Lipinski definition) is 2. The van der Waals surface area contributed by atoms with E-state index in [1.807, 2.05) is 18.7 Å². The third-order valence-electron chi connectivity index (χ3n) is 4.49. The molecule has 3 rings (SSSR count). The molecule has 3 aliphatic rings. The van der Waals surface area contributed by atoms with E-state index in [0.717, 1.165) is 26.2 Å². The summed E-state index contributed by atoms with van der Waals surface area (Å²) in [5.41, 5.74) is 0. The van der Waals surface area contributed by atoms with E-state index in [2.05, 4.69) is 16.8 Å². The molecule has 2 atom stereocenters. The third-order valence-corrected chi connectivity index (χ3v) is 4.49. The molecule has 18 heavy (non-hydrogen) atoms. The fraction of sp³-hybridized carbons (Fsp3) is 0.929. The van der Waals surface area contributed by atoms with Crippen molar-refractivity contribution in [3.63, 3.8) is 0 Å². The van der Waals surface area contributed by atoms with E-state index < -0.39 is 0 Å². The number of carbonyl (C=O) groups excluding carboxylic acids is 1. The molecular formula is C14H27N3O. The van der Waals surface area contributed by atoms with Crippen LogP contribution in [0.2, 0.25) is 0 Å². The number of likely N-dealkylation sites (N-methyl/N-ethyl adjacent to an activating group) is 1. The summed E-state index contributed by atoms with van der Waals surface area (Å²) in [4.78, 5) is 18.8. The molecule has 0 spiro atoms. The lowest BCUT2D eigenvalue weighted by Gasteiger charge is -2.40. The minimum atomic E-state index is 0.294. The van der Waals surface area contributed by atoms with Gasteiger partial charge in [0.1, 0.15) is 0 Å². The second-order valence-electron chi connectivity index (χ2n) is 5.43. The summed E-state index contributed by atoms with van der Waals surface area (Å²) in [6.07, 6.45) is 4.91. The van der Waals surface area contributed by atoms with Crippen molar-refractivity contribution in [1.29, 1.82) is 0 Å². The minimum absolute atomic E-state index is 0.294. The number of amides is 2. The van der Waals surface area contributed by atoms with Crippen molar-refractivity contribution >= 4 is 6.03 Å². The van der Waals surface area contributed by atoms with Crippen LogP contribution in [0.25, 0.3) is 0 Å². The molecule has 3 saturated heterocycles. The predicted octanol–water partition coefficient (Wildman–Crippen LogP) is 2.01. The molecule has 3 fully saturated rings. The summed E-state index contributed by atoms with van der Waals surface area (Å²) >= 11 is 0. The molecule has 3 aliphatic heterocycles. The highest BCUT2D eigenvalue weighted by atomic mass is 16.2. The second kappa shape index (κ2) is 5.91. The maximum absolute atomic E-state index is 12.3. The number of urea groups is 1. The zero-order valence-electron chi connectivity index (χ0n) is 12.1. The maximum atomic E-state index is 12.3. The summed E-state index contributed by atoms with van der Waals surface area (Å²) in [6.45, 7) is 7.84. The number of nitrogens with zero attached hydrogens (tertiary/aromatic N) is 3. The monoisotopic (exact) mass is 253 g/mol. The van der Waals surface area contributed by atoms with Crippen LogP contribution in [0.4, 0.5) is 4.79 Å². The molecule has 0 aromatic heterocycles. The first-order valence-electron chi connectivity index (χ1n) is 7.51. The zero-order valence-corrected chi connectivity index (χ0v) is 12.1. The van der Waals surface area contributed by atoms with Gasteiger partial charge in [0, 0.05) is 38.3 Å². The average Bonchev–Trinajstić information content (AvgIpc) is 2.98. The molecule has 2 amide bonds. The number of piperazine rings is 1. The number of hydrogen-bond donors (Lipinski definition) is 0. The first-order chi connectivity index (χ1) is 8.75. The van der Waals surface area contributed by atoms with Crippen molar-refractivity contribution in [2.24, 2.45) is 0 Å². The summed E-state index contributed by atoms with van der Waals surface area (Å²) < 4.78 is 0. The van der Waals surface area contributed by atoms with Crippen LogP contribution in [0.15, 0.2) is 0 Å². The van der Waals surface area contributed by atoms with Crippen LogP contribution >= 0.6 is 0 Å². The molecular weight excluding hydrogens is 226 g/mol. The Balaban J connectivity index is 0.000000574. The second-order valence-corrected chi connectivity index (χ2v) is 5.43. The lowest BCUT2D eigenvalue weighted by molar-refractivity contribution is 0.0885. The van der Waals surface area contributed by atoms with Crippen molar-refractivity contribution in [2.45, 2.75) is 51.6 Å². The summed E-state index contributed by atoms with van der Waals surface area (Å²) in [5.74, 6) is 0. The Morgan fingerprint density at radius 1 is 0.944 bits per heavy atom. The van der Waals surface area contributed by atoms with E-state index in [-0.39, 0.29) is 0 Å². The van der Waals surface area contributed by atoms with E-state index in [4.69, 9.17) is 0 Å². The molecule has 0 radical (unpaired) electrons. The first-order valence-corrected chi connectivity index (χ1v) is 7.51. The molecule has 0 saturated carbocycles. The molecule has 104 valence electrons. The Morgan fingerprint density at radius 3 is 1.94 bits per heavy atom. The molecule has 2 bridgehead atoms. The van der Waals surface area contributed by atoms with Crippen LogP contribution in [0.1, 0.15) is 39.5 Å². The Hall–Kier alpha value is -0.770. The number of likely N-dealkylation sites (tertiary alicyclic amines) is 2. The van der Waals surface area contributed by atoms with Crippen LogP contribution < -0.4 is 0 Å². The molecule has 0 N–H and O–H groups in total. The fourth-order valence-electron chi connectivity index (χ4n) is 3.38. The Morgan fingerprint density at radius 2 is 1.44 bits per heavy atom. The lowest BCUT2D eigenvalue weighted by Crippen LogP contribution is -2.56. The lowest BCUT2D eigenvalue weighted by atomic mass is 10.2. The molecule has 3 heterocycles. The normalized spacial score (nSPS) is 31.3. The molecule has 2 unspecified atom stereocenters. The highest BCUT2D eigenvalue weighted by Crippen LogP contribution is 2.29. The van der Waals surface area contributed by atoms with E-state index in [9.17, 15) is 4.79 Å².